The predicted molar refractivity (Wildman–Crippen MR) is 77.6 cm³/mol. The van der Waals surface area contributed by atoms with Crippen LogP contribution in [0, 0.1) is 0 Å². The molecular formula is C8H12N4O14P3-3. The Morgan fingerprint density at radius 2 is 1.83 bits per heavy atom. The highest BCUT2D eigenvalue weighted by molar-refractivity contribution is 7.65. The van der Waals surface area contributed by atoms with E-state index in [-0.39, 0.29) is 0 Å². The molecule has 1 aromatic rings. The Kier molecular flexibility index (Phi) is 7.14. The van der Waals surface area contributed by atoms with E-state index in [1.807, 2.05) is 0 Å². The fourth-order valence-corrected chi connectivity index (χ4v) is 5.03. The van der Waals surface area contributed by atoms with E-state index in [1.165, 1.54) is 0 Å². The Morgan fingerprint density at radius 1 is 1.21 bits per heavy atom. The summed E-state index contributed by atoms with van der Waals surface area (Å²) in [7, 11) is -17.8. The lowest BCUT2D eigenvalue weighted by atomic mass is 10.1. The molecule has 2 heterocycles. The topological polar surface area (TPSA) is 292 Å². The van der Waals surface area contributed by atoms with Crippen molar-refractivity contribution in [3.63, 3.8) is 0 Å². The molecule has 29 heavy (non-hydrogen) atoms. The van der Waals surface area contributed by atoms with Crippen molar-refractivity contribution in [3.8, 4) is 0 Å². The molecule has 1 amide bonds. The first-order chi connectivity index (χ1) is 13.1. The van der Waals surface area contributed by atoms with Crippen molar-refractivity contribution < 1.29 is 66.2 Å². The number of nitrogens with two attached hydrogens (primary N) is 1. The number of aliphatic hydroxyl groups excluding tert-OH is 2. The standard InChI is InChI=1S/C8H15N4O14P3/c9-6(15)7-10-2-11-12(7)8-5(14)4(13)3(24-8)1-23-28(19,20)26-29(21,22)25-27(16,17)18/h2-5,8,13-14H,1H2,(H2,9,15)(H,19,20)(H,21,22)(H2,16,17,18)/p-3/t3-,4-,5-,8-/m1/s1. The van der Waals surface area contributed by atoms with Crippen LogP contribution in [0.1, 0.15) is 16.8 Å². The lowest BCUT2D eigenvalue weighted by molar-refractivity contribution is -0.250. The number of hydrogen-bond acceptors (Lipinski definition) is 15. The van der Waals surface area contributed by atoms with Crippen molar-refractivity contribution in [1.29, 1.82) is 0 Å². The maximum absolute atomic E-state index is 11.5. The van der Waals surface area contributed by atoms with Crippen LogP contribution in [0.4, 0.5) is 0 Å². The Labute approximate surface area is 160 Å². The van der Waals surface area contributed by atoms with E-state index in [1.54, 1.807) is 0 Å². The Bertz CT molecular complexity index is 899. The van der Waals surface area contributed by atoms with Gasteiger partial charge in [0.25, 0.3) is 29.4 Å². The lowest BCUT2D eigenvalue weighted by Crippen LogP contribution is -2.34. The molecule has 2 rings (SSSR count). The lowest BCUT2D eigenvalue weighted by Gasteiger charge is -2.33. The minimum absolute atomic E-state index is 0.462. The Hall–Kier alpha value is -1.10. The molecule has 166 valence electrons. The van der Waals surface area contributed by atoms with Crippen LogP contribution in [0.15, 0.2) is 6.33 Å². The van der Waals surface area contributed by atoms with Crippen LogP contribution in [0.25, 0.3) is 0 Å². The van der Waals surface area contributed by atoms with Gasteiger partial charge in [-0.15, -0.1) is 0 Å². The summed E-state index contributed by atoms with van der Waals surface area (Å²) in [4.78, 5) is 56.0. The summed E-state index contributed by atoms with van der Waals surface area (Å²) in [5.41, 5.74) is 5.05. The molecule has 0 spiro atoms. The maximum atomic E-state index is 11.5. The van der Waals surface area contributed by atoms with E-state index in [0.29, 0.717) is 4.68 Å². The van der Waals surface area contributed by atoms with Gasteiger partial charge in [-0.05, 0) is 0 Å². The van der Waals surface area contributed by atoms with Crippen molar-refractivity contribution >= 4 is 29.4 Å². The minimum atomic E-state index is -6.10. The summed E-state index contributed by atoms with van der Waals surface area (Å²) >= 11 is 0. The van der Waals surface area contributed by atoms with E-state index >= 15 is 0 Å². The number of nitrogens with zero attached hydrogens (tertiary/aromatic N) is 3. The maximum Gasteiger partial charge on any atom is 0.286 e. The van der Waals surface area contributed by atoms with Gasteiger partial charge >= 0.3 is 0 Å². The van der Waals surface area contributed by atoms with Crippen molar-refractivity contribution in [2.45, 2.75) is 24.5 Å². The summed E-state index contributed by atoms with van der Waals surface area (Å²) < 4.78 is 49.4. The van der Waals surface area contributed by atoms with E-state index < -0.39 is 66.3 Å². The molecule has 3 unspecified atom stereocenters. The van der Waals surface area contributed by atoms with Crippen LogP contribution in [-0.2, 0) is 31.6 Å². The molecule has 5 N–H and O–H groups in total. The third-order valence-electron chi connectivity index (χ3n) is 3.17. The van der Waals surface area contributed by atoms with Crippen molar-refractivity contribution in [3.05, 3.63) is 12.2 Å². The fourth-order valence-electron chi connectivity index (χ4n) is 2.13. The number of aliphatic hydroxyl groups is 2. The van der Waals surface area contributed by atoms with Gasteiger partial charge in [-0.3, -0.25) is 18.5 Å². The third kappa shape index (κ3) is 6.44. The molecule has 1 aliphatic rings. The van der Waals surface area contributed by atoms with Gasteiger partial charge in [-0.2, -0.15) is 5.10 Å². The molecule has 18 nitrogen and oxygen atoms in total. The number of hydrogen-bond donors (Lipinski definition) is 4. The second kappa shape index (κ2) is 8.56. The largest absolute Gasteiger partial charge is 0.756 e. The van der Waals surface area contributed by atoms with E-state index in [2.05, 4.69) is 23.2 Å². The van der Waals surface area contributed by atoms with Gasteiger partial charge < -0.3 is 44.8 Å². The molecule has 7 atom stereocenters. The van der Waals surface area contributed by atoms with Gasteiger partial charge in [0.1, 0.15) is 24.6 Å². The average molecular weight is 481 g/mol. The molecule has 21 heteroatoms. The SMILES string of the molecule is NC(=O)c1ncnn1[C@@H]1O[C@H](COP(=O)([O-])OP(=O)([O-])OP(=O)([O-])O)[C@@H](O)[C@H]1O. The van der Waals surface area contributed by atoms with Crippen molar-refractivity contribution in [2.24, 2.45) is 5.73 Å². The molecule has 0 bridgehead atoms. The molecular weight excluding hydrogens is 469 g/mol. The highest BCUT2D eigenvalue weighted by atomic mass is 31.3. The number of aromatic nitrogens is 3. The van der Waals surface area contributed by atoms with Crippen molar-refractivity contribution in [2.75, 3.05) is 6.61 Å². The normalized spacial score (nSPS) is 31.0. The number of carbonyl (C=O) groups is 1. The van der Waals surface area contributed by atoms with Gasteiger partial charge in [0.05, 0.1) is 6.61 Å². The summed E-state index contributed by atoms with van der Waals surface area (Å²) in [5, 5.41) is 23.5. The second-order valence-corrected chi connectivity index (χ2v) is 9.55. The highest BCUT2D eigenvalue weighted by Crippen LogP contribution is 2.61. The van der Waals surface area contributed by atoms with E-state index in [9.17, 15) is 43.4 Å². The van der Waals surface area contributed by atoms with Gasteiger partial charge in [-0.1, -0.05) is 0 Å². The summed E-state index contributed by atoms with van der Waals surface area (Å²) in [5.74, 6) is -1.52. The van der Waals surface area contributed by atoms with Crippen molar-refractivity contribution in [1.82, 2.24) is 14.8 Å². The molecule has 0 aromatic carbocycles. The fraction of sp³-hybridized carbons (Fsp3) is 0.625. The molecule has 0 radical (unpaired) electrons. The highest BCUT2D eigenvalue weighted by Gasteiger charge is 2.46. The molecule has 1 saturated heterocycles. The smallest absolute Gasteiger partial charge is 0.286 e. The molecule has 1 fully saturated rings. The van der Waals surface area contributed by atoms with Crippen LogP contribution in [0.2, 0.25) is 0 Å². The van der Waals surface area contributed by atoms with Crippen LogP contribution in [-0.4, -0.2) is 60.7 Å². The van der Waals surface area contributed by atoms with Crippen LogP contribution >= 0.6 is 23.5 Å². The van der Waals surface area contributed by atoms with Gasteiger partial charge in [0, 0.05) is 0 Å². The zero-order chi connectivity index (χ0) is 22.2. The summed E-state index contributed by atoms with van der Waals surface area (Å²) in [6.45, 7) is -1.13. The number of primary amides is 1. The third-order valence-corrected chi connectivity index (χ3v) is 6.86. The molecule has 1 aliphatic heterocycles. The number of phosphoric acid groups is 3. The van der Waals surface area contributed by atoms with Crippen LogP contribution in [0.5, 0.6) is 0 Å². The zero-order valence-electron chi connectivity index (χ0n) is 13.7. The Balaban J connectivity index is 2.04. The number of ether oxygens (including phenoxy) is 1. The first-order valence-electron chi connectivity index (χ1n) is 7.06. The Morgan fingerprint density at radius 3 is 2.38 bits per heavy atom. The van der Waals surface area contributed by atoms with Gasteiger partial charge in [-0.25, -0.2) is 18.3 Å². The molecule has 0 saturated carbocycles. The molecule has 1 aromatic heterocycles. The van der Waals surface area contributed by atoms with E-state index in [4.69, 9.17) is 15.4 Å². The number of phosphoric ester groups is 1. The number of amides is 1. The van der Waals surface area contributed by atoms with Crippen LogP contribution in [0.3, 0.4) is 0 Å². The van der Waals surface area contributed by atoms with Gasteiger partial charge in [0.2, 0.25) is 5.82 Å². The monoisotopic (exact) mass is 481 g/mol. The summed E-state index contributed by atoms with van der Waals surface area (Å²) in [6, 6.07) is 0. The number of rotatable bonds is 9. The predicted octanol–water partition coefficient (Wildman–Crippen LogP) is -4.56. The minimum Gasteiger partial charge on any atom is -0.756 e. The number of carbonyl (C=O) groups excluding carboxylic acids is 1. The van der Waals surface area contributed by atoms with Crippen LogP contribution < -0.4 is 20.4 Å². The second-order valence-electron chi connectivity index (χ2n) is 5.26. The van der Waals surface area contributed by atoms with Gasteiger partial charge in [0.15, 0.2) is 6.23 Å². The first-order valence-corrected chi connectivity index (χ1v) is 11.5. The first kappa shape index (κ1) is 24.2. The van der Waals surface area contributed by atoms with E-state index in [0.717, 1.165) is 6.33 Å². The zero-order valence-corrected chi connectivity index (χ0v) is 16.4. The molecule has 0 aliphatic carbocycles. The summed E-state index contributed by atoms with van der Waals surface area (Å²) in [6.07, 6.45) is -5.88. The average Bonchev–Trinajstić information content (AvgIpc) is 3.08. The quantitative estimate of drug-likeness (QED) is 0.241.